The fourth-order valence-corrected chi connectivity index (χ4v) is 3.36. The highest BCUT2D eigenvalue weighted by molar-refractivity contribution is 7.99. The molecule has 0 radical (unpaired) electrons. The van der Waals surface area contributed by atoms with Crippen molar-refractivity contribution in [3.8, 4) is 0 Å². The van der Waals surface area contributed by atoms with Crippen molar-refractivity contribution in [1.29, 1.82) is 0 Å². The van der Waals surface area contributed by atoms with Gasteiger partial charge in [-0.15, -0.1) is 18.3 Å². The van der Waals surface area contributed by atoms with Gasteiger partial charge in [0.15, 0.2) is 6.54 Å². The molecule has 0 aromatic heterocycles. The van der Waals surface area contributed by atoms with E-state index in [9.17, 15) is 4.79 Å². The van der Waals surface area contributed by atoms with E-state index in [-0.39, 0.29) is 11.9 Å². The predicted octanol–water partition coefficient (Wildman–Crippen LogP) is 3.88. The number of benzene rings is 2. The molecule has 0 saturated heterocycles. The molecular formula is C19H22ClN2OS+. The molecule has 1 atom stereocenters. The van der Waals surface area contributed by atoms with Crippen LogP contribution in [-0.2, 0) is 4.79 Å². The third-order valence-corrected chi connectivity index (χ3v) is 4.98. The summed E-state index contributed by atoms with van der Waals surface area (Å²) in [5.74, 6) is 0.781. The third kappa shape index (κ3) is 5.41. The van der Waals surface area contributed by atoms with E-state index >= 15 is 0 Å². The van der Waals surface area contributed by atoms with Crippen molar-refractivity contribution in [2.24, 2.45) is 0 Å². The van der Waals surface area contributed by atoms with Crippen LogP contribution in [0.5, 0.6) is 0 Å². The summed E-state index contributed by atoms with van der Waals surface area (Å²) in [5.41, 5.74) is 1.88. The molecule has 1 amide bonds. The van der Waals surface area contributed by atoms with Gasteiger partial charge in [-0.1, -0.05) is 48.0 Å². The molecule has 0 unspecified atom stereocenters. The number of hydrogen-bond acceptors (Lipinski definition) is 2. The van der Waals surface area contributed by atoms with Gasteiger partial charge >= 0.3 is 0 Å². The molecule has 126 valence electrons. The number of carbonyl (C=O) groups is 1. The number of carbonyl (C=O) groups excluding carboxylic acids is 1. The average molecular weight is 362 g/mol. The van der Waals surface area contributed by atoms with E-state index in [0.717, 1.165) is 26.9 Å². The van der Waals surface area contributed by atoms with Crippen LogP contribution in [0.3, 0.4) is 0 Å². The number of para-hydroxylation sites is 1. The minimum Gasteiger partial charge on any atom is -0.332 e. The second-order valence-corrected chi connectivity index (χ2v) is 6.86. The first-order chi connectivity index (χ1) is 11.6. The van der Waals surface area contributed by atoms with Gasteiger partial charge in [0, 0.05) is 21.2 Å². The second-order valence-electron chi connectivity index (χ2n) is 5.39. The van der Waals surface area contributed by atoms with Crippen LogP contribution >= 0.6 is 23.4 Å². The second kappa shape index (κ2) is 9.52. The Kier molecular flexibility index (Phi) is 7.37. The highest BCUT2D eigenvalue weighted by atomic mass is 35.5. The Labute approximate surface area is 152 Å². The molecule has 2 aromatic rings. The van der Waals surface area contributed by atoms with Crippen LogP contribution in [0.25, 0.3) is 0 Å². The Bertz CT molecular complexity index is 705. The van der Waals surface area contributed by atoms with Crippen molar-refractivity contribution in [1.82, 2.24) is 0 Å². The SMILES string of the molecule is C=CCSc1ccccc1NC(=O)C[NH2+][C@H](C)c1ccccc1Cl. The zero-order chi connectivity index (χ0) is 17.4. The number of nitrogens with two attached hydrogens (primary N) is 1. The van der Waals surface area contributed by atoms with Gasteiger partial charge in [0.25, 0.3) is 5.91 Å². The van der Waals surface area contributed by atoms with Crippen LogP contribution in [0.1, 0.15) is 18.5 Å². The quantitative estimate of drug-likeness (QED) is 0.553. The maximum absolute atomic E-state index is 12.3. The van der Waals surface area contributed by atoms with Gasteiger partial charge in [-0.2, -0.15) is 0 Å². The molecule has 2 aromatic carbocycles. The summed E-state index contributed by atoms with van der Waals surface area (Å²) < 4.78 is 0. The monoisotopic (exact) mass is 361 g/mol. The van der Waals surface area contributed by atoms with E-state index in [2.05, 4.69) is 11.9 Å². The van der Waals surface area contributed by atoms with Gasteiger partial charge in [0.2, 0.25) is 0 Å². The summed E-state index contributed by atoms with van der Waals surface area (Å²) in [7, 11) is 0. The summed E-state index contributed by atoms with van der Waals surface area (Å²) in [5, 5.41) is 5.69. The lowest BCUT2D eigenvalue weighted by molar-refractivity contribution is -0.682. The summed E-state index contributed by atoms with van der Waals surface area (Å²) in [6, 6.07) is 15.6. The van der Waals surface area contributed by atoms with Gasteiger partial charge in [-0.05, 0) is 25.1 Å². The van der Waals surface area contributed by atoms with E-state index in [0.29, 0.717) is 6.54 Å². The van der Waals surface area contributed by atoms with Crippen molar-refractivity contribution < 1.29 is 10.1 Å². The fraction of sp³-hybridized carbons (Fsp3) is 0.211. The number of nitrogens with one attached hydrogen (secondary N) is 1. The fourth-order valence-electron chi connectivity index (χ4n) is 2.30. The molecule has 0 saturated carbocycles. The van der Waals surface area contributed by atoms with E-state index in [4.69, 9.17) is 11.6 Å². The number of rotatable bonds is 8. The highest BCUT2D eigenvalue weighted by Gasteiger charge is 2.14. The smallest absolute Gasteiger partial charge is 0.279 e. The van der Waals surface area contributed by atoms with Crippen molar-refractivity contribution >= 4 is 35.0 Å². The molecule has 0 aliphatic heterocycles. The van der Waals surface area contributed by atoms with Crippen molar-refractivity contribution in [2.75, 3.05) is 17.6 Å². The van der Waals surface area contributed by atoms with Gasteiger partial charge < -0.3 is 10.6 Å². The average Bonchev–Trinajstić information content (AvgIpc) is 2.59. The molecule has 24 heavy (non-hydrogen) atoms. The number of amides is 1. The largest absolute Gasteiger partial charge is 0.332 e. The summed E-state index contributed by atoms with van der Waals surface area (Å²) in [6.07, 6.45) is 1.85. The van der Waals surface area contributed by atoms with Crippen molar-refractivity contribution in [2.45, 2.75) is 17.9 Å². The van der Waals surface area contributed by atoms with Crippen LogP contribution < -0.4 is 10.6 Å². The predicted molar refractivity (Wildman–Crippen MR) is 103 cm³/mol. The maximum atomic E-state index is 12.3. The maximum Gasteiger partial charge on any atom is 0.279 e. The Morgan fingerprint density at radius 1 is 1.29 bits per heavy atom. The molecule has 0 spiro atoms. The van der Waals surface area contributed by atoms with Gasteiger partial charge in [-0.25, -0.2) is 0 Å². The highest BCUT2D eigenvalue weighted by Crippen LogP contribution is 2.26. The van der Waals surface area contributed by atoms with Crippen LogP contribution in [0.4, 0.5) is 5.69 Å². The number of quaternary nitrogens is 1. The lowest BCUT2D eigenvalue weighted by atomic mass is 10.1. The first kappa shape index (κ1) is 18.6. The van der Waals surface area contributed by atoms with Gasteiger partial charge in [0.05, 0.1) is 5.69 Å². The number of anilines is 1. The van der Waals surface area contributed by atoms with Crippen LogP contribution in [0, 0.1) is 0 Å². The third-order valence-electron chi connectivity index (χ3n) is 3.57. The van der Waals surface area contributed by atoms with E-state index in [1.54, 1.807) is 11.8 Å². The minimum atomic E-state index is -0.0273. The molecule has 0 heterocycles. The normalized spacial score (nSPS) is 11.8. The molecule has 0 aliphatic rings. The number of hydrogen-bond donors (Lipinski definition) is 2. The van der Waals surface area contributed by atoms with Gasteiger partial charge in [0.1, 0.15) is 6.04 Å². The van der Waals surface area contributed by atoms with Crippen LogP contribution in [-0.4, -0.2) is 18.2 Å². The first-order valence-corrected chi connectivity index (χ1v) is 9.18. The molecular weight excluding hydrogens is 340 g/mol. The van der Waals surface area contributed by atoms with E-state index in [1.807, 2.05) is 66.8 Å². The Balaban J connectivity index is 1.92. The molecule has 0 fully saturated rings. The lowest BCUT2D eigenvalue weighted by Crippen LogP contribution is -2.86. The van der Waals surface area contributed by atoms with E-state index in [1.165, 1.54) is 0 Å². The van der Waals surface area contributed by atoms with Crippen molar-refractivity contribution in [3.05, 3.63) is 71.8 Å². The zero-order valence-corrected chi connectivity index (χ0v) is 15.2. The number of thioether (sulfide) groups is 1. The summed E-state index contributed by atoms with van der Waals surface area (Å²) >= 11 is 7.85. The molecule has 0 bridgehead atoms. The molecule has 3 nitrogen and oxygen atoms in total. The Morgan fingerprint density at radius 3 is 2.75 bits per heavy atom. The lowest BCUT2D eigenvalue weighted by Gasteiger charge is -2.13. The zero-order valence-electron chi connectivity index (χ0n) is 13.7. The Morgan fingerprint density at radius 2 is 2.00 bits per heavy atom. The van der Waals surface area contributed by atoms with Crippen LogP contribution in [0.2, 0.25) is 5.02 Å². The van der Waals surface area contributed by atoms with Crippen LogP contribution in [0.15, 0.2) is 66.1 Å². The molecule has 0 aliphatic carbocycles. The minimum absolute atomic E-state index is 0.0273. The topological polar surface area (TPSA) is 45.7 Å². The van der Waals surface area contributed by atoms with Gasteiger partial charge in [-0.3, -0.25) is 4.79 Å². The molecule has 3 N–H and O–H groups in total. The van der Waals surface area contributed by atoms with E-state index < -0.39 is 0 Å². The first-order valence-electron chi connectivity index (χ1n) is 7.82. The summed E-state index contributed by atoms with van der Waals surface area (Å²) in [6.45, 7) is 6.11. The molecule has 2 rings (SSSR count). The van der Waals surface area contributed by atoms with Crippen molar-refractivity contribution in [3.63, 3.8) is 0 Å². The standard InChI is InChI=1S/C19H21ClN2OS/c1-3-12-24-18-11-7-6-10-17(18)22-19(23)13-21-14(2)15-8-4-5-9-16(15)20/h3-11,14,21H,1,12-13H2,2H3,(H,22,23)/p+1/t14-/m1/s1. The summed E-state index contributed by atoms with van der Waals surface area (Å²) in [4.78, 5) is 13.3. The number of halogens is 1. The molecule has 5 heteroatoms. The Hall–Kier alpha value is -1.75.